The van der Waals surface area contributed by atoms with Crippen LogP contribution in [-0.2, 0) is 4.79 Å². The fourth-order valence-electron chi connectivity index (χ4n) is 3.67. The van der Waals surface area contributed by atoms with E-state index in [0.29, 0.717) is 48.7 Å². The number of carbonyl (C=O) groups is 1. The van der Waals surface area contributed by atoms with E-state index in [1.807, 2.05) is 4.90 Å². The first kappa shape index (κ1) is 20.7. The lowest BCUT2D eigenvalue weighted by Gasteiger charge is -2.26. The summed E-state index contributed by atoms with van der Waals surface area (Å²) in [5, 5.41) is 19.3. The van der Waals surface area contributed by atoms with Gasteiger partial charge in [-0.25, -0.2) is 0 Å². The van der Waals surface area contributed by atoms with E-state index in [2.05, 4.69) is 6.07 Å². The van der Waals surface area contributed by atoms with Crippen molar-refractivity contribution in [3.05, 3.63) is 47.9 Å². The molecule has 2 aromatic rings. The van der Waals surface area contributed by atoms with E-state index in [1.54, 1.807) is 36.6 Å². The van der Waals surface area contributed by atoms with Gasteiger partial charge in [-0.2, -0.15) is 5.26 Å². The molecule has 1 fully saturated rings. The molecular weight excluding hydrogens is 372 g/mol. The highest BCUT2D eigenvalue weighted by molar-refractivity contribution is 5.76. The van der Waals surface area contributed by atoms with Gasteiger partial charge in [0.1, 0.15) is 11.9 Å². The molecule has 1 N–H and O–H groups in total. The number of aliphatic hydroxyl groups is 1. The van der Waals surface area contributed by atoms with Crippen molar-refractivity contribution in [1.29, 1.82) is 5.26 Å². The van der Waals surface area contributed by atoms with Gasteiger partial charge in [0.25, 0.3) is 0 Å². The van der Waals surface area contributed by atoms with Crippen molar-refractivity contribution in [2.45, 2.75) is 44.2 Å². The van der Waals surface area contributed by atoms with Gasteiger partial charge >= 0.3 is 0 Å². The SMILES string of the molecule is COc1cc(C#N)ccc1OCCCC(=O)N1CCC[C@H]1C[C@H](O)c1ccco1. The van der Waals surface area contributed by atoms with Crippen LogP contribution in [0.4, 0.5) is 0 Å². The molecule has 29 heavy (non-hydrogen) atoms. The Labute approximate surface area is 170 Å². The highest BCUT2D eigenvalue weighted by Gasteiger charge is 2.30. The number of aliphatic hydroxyl groups excluding tert-OH is 1. The molecule has 1 saturated heterocycles. The maximum atomic E-state index is 12.6. The number of methoxy groups -OCH3 is 1. The zero-order valence-corrected chi connectivity index (χ0v) is 16.5. The topological polar surface area (TPSA) is 95.9 Å². The van der Waals surface area contributed by atoms with E-state index >= 15 is 0 Å². The second-order valence-electron chi connectivity index (χ2n) is 7.08. The molecule has 1 amide bonds. The molecule has 7 nitrogen and oxygen atoms in total. The summed E-state index contributed by atoms with van der Waals surface area (Å²) in [5.74, 6) is 1.67. The smallest absolute Gasteiger partial charge is 0.222 e. The quantitative estimate of drug-likeness (QED) is 0.650. The molecule has 2 heterocycles. The number of hydrogen-bond donors (Lipinski definition) is 1. The second kappa shape index (κ2) is 9.99. The van der Waals surface area contributed by atoms with Gasteiger partial charge in [-0.3, -0.25) is 4.79 Å². The van der Waals surface area contributed by atoms with Crippen molar-refractivity contribution in [3.63, 3.8) is 0 Å². The predicted molar refractivity (Wildman–Crippen MR) is 105 cm³/mol. The number of nitriles is 1. The molecule has 0 radical (unpaired) electrons. The van der Waals surface area contributed by atoms with Crippen molar-refractivity contribution in [1.82, 2.24) is 4.90 Å². The van der Waals surface area contributed by atoms with Crippen LogP contribution in [-0.4, -0.2) is 42.2 Å². The Balaban J connectivity index is 1.46. The number of nitrogens with zero attached hydrogens (tertiary/aromatic N) is 2. The molecule has 0 spiro atoms. The van der Waals surface area contributed by atoms with Crippen LogP contribution in [0.3, 0.4) is 0 Å². The fourth-order valence-corrected chi connectivity index (χ4v) is 3.67. The van der Waals surface area contributed by atoms with Gasteiger partial charge in [-0.05, 0) is 43.5 Å². The molecule has 1 aromatic carbocycles. The molecular formula is C22H26N2O5. The van der Waals surface area contributed by atoms with Gasteiger partial charge in [-0.15, -0.1) is 0 Å². The first-order valence-corrected chi connectivity index (χ1v) is 9.84. The standard InChI is InChI=1S/C22H26N2O5/c1-27-21-13-16(15-23)8-9-20(21)29-12-4-7-22(26)24-10-2-5-17(24)14-18(25)19-6-3-11-28-19/h3,6,8-9,11,13,17-18,25H,2,4-5,7,10,12,14H2,1H3/t17-,18-/m0/s1. The van der Waals surface area contributed by atoms with Gasteiger partial charge in [0.05, 0.1) is 31.6 Å². The van der Waals surface area contributed by atoms with Crippen molar-refractivity contribution in [2.75, 3.05) is 20.3 Å². The molecule has 154 valence electrons. The largest absolute Gasteiger partial charge is 0.493 e. The Kier molecular flexibility index (Phi) is 7.14. The summed E-state index contributed by atoms with van der Waals surface area (Å²) in [4.78, 5) is 14.5. The molecule has 0 saturated carbocycles. The molecule has 1 aliphatic rings. The van der Waals surface area contributed by atoms with Crippen LogP contribution in [0.5, 0.6) is 11.5 Å². The lowest BCUT2D eigenvalue weighted by Crippen LogP contribution is -2.36. The summed E-state index contributed by atoms with van der Waals surface area (Å²) < 4.78 is 16.2. The van der Waals surface area contributed by atoms with E-state index in [1.165, 1.54) is 7.11 Å². The lowest BCUT2D eigenvalue weighted by molar-refractivity contribution is -0.132. The van der Waals surface area contributed by atoms with Crippen molar-refractivity contribution >= 4 is 5.91 Å². The fraction of sp³-hybridized carbons (Fsp3) is 0.455. The molecule has 1 aliphatic heterocycles. The van der Waals surface area contributed by atoms with E-state index in [9.17, 15) is 9.90 Å². The summed E-state index contributed by atoms with van der Waals surface area (Å²) in [7, 11) is 1.53. The first-order chi connectivity index (χ1) is 14.1. The summed E-state index contributed by atoms with van der Waals surface area (Å²) in [6.07, 6.45) is 4.12. The summed E-state index contributed by atoms with van der Waals surface area (Å²) in [6, 6.07) is 10.6. The number of benzene rings is 1. The highest BCUT2D eigenvalue weighted by Crippen LogP contribution is 2.29. The highest BCUT2D eigenvalue weighted by atomic mass is 16.5. The molecule has 0 bridgehead atoms. The van der Waals surface area contributed by atoms with Gasteiger partial charge in [0, 0.05) is 31.5 Å². The Bertz CT molecular complexity index is 843. The van der Waals surface area contributed by atoms with E-state index in [4.69, 9.17) is 19.2 Å². The maximum absolute atomic E-state index is 12.6. The van der Waals surface area contributed by atoms with Crippen LogP contribution in [0.25, 0.3) is 0 Å². The zero-order chi connectivity index (χ0) is 20.6. The van der Waals surface area contributed by atoms with Gasteiger partial charge in [0.15, 0.2) is 11.5 Å². The number of ether oxygens (including phenoxy) is 2. The number of hydrogen-bond acceptors (Lipinski definition) is 6. The molecule has 0 aliphatic carbocycles. The number of amides is 1. The third-order valence-corrected chi connectivity index (χ3v) is 5.15. The van der Waals surface area contributed by atoms with Crippen LogP contribution in [0.2, 0.25) is 0 Å². The Morgan fingerprint density at radius 2 is 2.28 bits per heavy atom. The third-order valence-electron chi connectivity index (χ3n) is 5.15. The zero-order valence-electron chi connectivity index (χ0n) is 16.5. The summed E-state index contributed by atoms with van der Waals surface area (Å²) >= 11 is 0. The Morgan fingerprint density at radius 1 is 1.41 bits per heavy atom. The van der Waals surface area contributed by atoms with Gasteiger partial charge < -0.3 is 23.9 Å². The molecule has 7 heteroatoms. The summed E-state index contributed by atoms with van der Waals surface area (Å²) in [6.45, 7) is 1.10. The van der Waals surface area contributed by atoms with E-state index in [-0.39, 0.29) is 11.9 Å². The number of furan rings is 1. The summed E-state index contributed by atoms with van der Waals surface area (Å²) in [5.41, 5.74) is 0.501. The van der Waals surface area contributed by atoms with Gasteiger partial charge in [0.2, 0.25) is 5.91 Å². The number of carbonyl (C=O) groups excluding carboxylic acids is 1. The first-order valence-electron chi connectivity index (χ1n) is 9.84. The van der Waals surface area contributed by atoms with Crippen molar-refractivity contribution < 1.29 is 23.8 Å². The van der Waals surface area contributed by atoms with Crippen molar-refractivity contribution in [2.24, 2.45) is 0 Å². The van der Waals surface area contributed by atoms with Crippen molar-refractivity contribution in [3.8, 4) is 17.6 Å². The minimum absolute atomic E-state index is 0.0298. The van der Waals surface area contributed by atoms with Crippen LogP contribution in [0.15, 0.2) is 41.0 Å². The minimum Gasteiger partial charge on any atom is -0.493 e. The Morgan fingerprint density at radius 3 is 3.00 bits per heavy atom. The predicted octanol–water partition coefficient (Wildman–Crippen LogP) is 3.43. The molecule has 1 aromatic heterocycles. The second-order valence-corrected chi connectivity index (χ2v) is 7.08. The average molecular weight is 398 g/mol. The van der Waals surface area contributed by atoms with Crippen LogP contribution in [0, 0.1) is 11.3 Å². The Hall–Kier alpha value is -2.98. The number of likely N-dealkylation sites (tertiary alicyclic amines) is 1. The number of rotatable bonds is 9. The average Bonchev–Trinajstić information content (AvgIpc) is 3.43. The molecule has 3 rings (SSSR count). The van der Waals surface area contributed by atoms with E-state index < -0.39 is 6.10 Å². The minimum atomic E-state index is -0.699. The maximum Gasteiger partial charge on any atom is 0.222 e. The monoisotopic (exact) mass is 398 g/mol. The molecule has 2 atom stereocenters. The normalized spacial score (nSPS) is 17.0. The lowest BCUT2D eigenvalue weighted by atomic mass is 10.0. The van der Waals surface area contributed by atoms with E-state index in [0.717, 1.165) is 19.4 Å². The third kappa shape index (κ3) is 5.30. The van der Waals surface area contributed by atoms with Crippen LogP contribution >= 0.6 is 0 Å². The molecule has 0 unspecified atom stereocenters. The van der Waals surface area contributed by atoms with Crippen LogP contribution < -0.4 is 9.47 Å². The van der Waals surface area contributed by atoms with Crippen LogP contribution in [0.1, 0.15) is 49.5 Å². The van der Waals surface area contributed by atoms with Gasteiger partial charge in [-0.1, -0.05) is 0 Å².